The lowest BCUT2D eigenvalue weighted by atomic mass is 9.76. The largest absolute Gasteiger partial charge is 0.397 e. The number of nitrogens with two attached hydrogens (primary N) is 1. The van der Waals surface area contributed by atoms with E-state index in [1.54, 1.807) is 0 Å². The molecule has 2 aliphatic rings. The molecule has 2 atom stereocenters. The highest BCUT2D eigenvalue weighted by molar-refractivity contribution is 7.19. The standard InChI is InChI=1S/C43H29N3S/c1-43-25-24-33-32-16-7-10-21-39(32)47-42(33)40(43)34-26-27(22-23-38(34)46(43)28-12-3-2-4-13-28)29-17-11-18-35(44)41(29)45-36-19-8-5-14-30(36)31-15-6-9-20-37(31)45/h2-5,7-14,16-26,40H,44H2,1H3. The second kappa shape index (κ2) is 9.62. The number of rotatable bonds is 3. The average molecular weight is 620 g/mol. The minimum absolute atomic E-state index is 0.165. The zero-order valence-corrected chi connectivity index (χ0v) is 26.6. The lowest BCUT2D eigenvalue weighted by molar-refractivity contribution is 0.538. The van der Waals surface area contributed by atoms with E-state index in [9.17, 15) is 0 Å². The van der Waals surface area contributed by atoms with Crippen molar-refractivity contribution in [2.75, 3.05) is 10.6 Å². The van der Waals surface area contributed by atoms with Crippen molar-refractivity contribution in [3.05, 3.63) is 162 Å². The predicted molar refractivity (Wildman–Crippen MR) is 198 cm³/mol. The number of nitrogens with zero attached hydrogens (tertiary/aromatic N) is 2. The Hall–Kier alpha value is -5.76. The van der Waals surface area contributed by atoms with Crippen LogP contribution in [0.4, 0.5) is 17.1 Å². The van der Waals surface area contributed by atoms with Crippen LogP contribution in [0, 0.1) is 12.1 Å². The molecule has 222 valence electrons. The molecule has 0 fully saturated rings. The third kappa shape index (κ3) is 3.58. The van der Waals surface area contributed by atoms with Gasteiger partial charge < -0.3 is 15.2 Å². The minimum atomic E-state index is -0.270. The van der Waals surface area contributed by atoms with Crippen molar-refractivity contribution < 1.29 is 0 Å². The van der Waals surface area contributed by atoms with Gasteiger partial charge in [-0.3, -0.25) is 0 Å². The van der Waals surface area contributed by atoms with Crippen molar-refractivity contribution in [1.29, 1.82) is 0 Å². The molecule has 0 radical (unpaired) electrons. The van der Waals surface area contributed by atoms with Crippen LogP contribution in [0.15, 0.2) is 133 Å². The molecule has 0 bridgehead atoms. The highest BCUT2D eigenvalue weighted by Crippen LogP contribution is 2.60. The molecule has 3 nitrogen and oxygen atoms in total. The fraction of sp³-hybridized carbons (Fsp3) is 0.0698. The number of thiophene rings is 1. The van der Waals surface area contributed by atoms with Gasteiger partial charge in [0.1, 0.15) is 0 Å². The first kappa shape index (κ1) is 26.5. The third-order valence-electron chi connectivity index (χ3n) is 10.2. The number of nitrogen functional groups attached to an aromatic ring is 1. The van der Waals surface area contributed by atoms with Gasteiger partial charge in [-0.25, -0.2) is 0 Å². The third-order valence-corrected chi connectivity index (χ3v) is 11.5. The van der Waals surface area contributed by atoms with Crippen LogP contribution in [-0.2, 0) is 0 Å². The van der Waals surface area contributed by atoms with E-state index in [0.717, 1.165) is 44.3 Å². The summed E-state index contributed by atoms with van der Waals surface area (Å²) in [5.74, 6) is 0.165. The normalized spacial score (nSPS) is 18.0. The molecule has 1 aliphatic heterocycles. The van der Waals surface area contributed by atoms with Crippen LogP contribution in [0.5, 0.6) is 0 Å². The Labute approximate surface area is 277 Å². The molecule has 1 aliphatic carbocycles. The van der Waals surface area contributed by atoms with Gasteiger partial charge in [0.2, 0.25) is 0 Å². The summed E-state index contributed by atoms with van der Waals surface area (Å²) >= 11 is 1.94. The Morgan fingerprint density at radius 1 is 0.787 bits per heavy atom. The Bertz CT molecular complexity index is 2520. The first-order valence-electron chi connectivity index (χ1n) is 16.0. The number of hydrogen-bond donors (Lipinski definition) is 1. The number of anilines is 3. The zero-order chi connectivity index (χ0) is 31.3. The topological polar surface area (TPSA) is 34.2 Å². The Morgan fingerprint density at radius 3 is 2.49 bits per heavy atom. The molecule has 2 unspecified atom stereocenters. The van der Waals surface area contributed by atoms with Gasteiger partial charge in [0.25, 0.3) is 0 Å². The monoisotopic (exact) mass is 619 g/mol. The maximum Gasteiger partial charge on any atom is 0.0770 e. The first-order valence-corrected chi connectivity index (χ1v) is 16.8. The van der Waals surface area contributed by atoms with Crippen molar-refractivity contribution in [3.8, 4) is 16.8 Å². The lowest BCUT2D eigenvalue weighted by Crippen LogP contribution is -2.43. The van der Waals surface area contributed by atoms with Gasteiger partial charge in [0.05, 0.1) is 33.3 Å². The lowest BCUT2D eigenvalue weighted by Gasteiger charge is -2.40. The summed E-state index contributed by atoms with van der Waals surface area (Å²) in [6, 6.07) is 52.1. The van der Waals surface area contributed by atoms with E-state index >= 15 is 0 Å². The molecular formula is C43H29N3S. The van der Waals surface area contributed by atoms with Crippen molar-refractivity contribution in [3.63, 3.8) is 0 Å². The molecule has 0 saturated heterocycles. The Balaban J connectivity index is 1.24. The molecule has 2 aromatic heterocycles. The van der Waals surface area contributed by atoms with E-state index in [2.05, 4.69) is 156 Å². The van der Waals surface area contributed by atoms with E-state index in [1.165, 1.54) is 37.5 Å². The summed E-state index contributed by atoms with van der Waals surface area (Å²) in [6.07, 6.45) is 4.80. The van der Waals surface area contributed by atoms with Gasteiger partial charge in [0, 0.05) is 37.8 Å². The molecule has 2 N–H and O–H groups in total. The molecular weight excluding hydrogens is 591 g/mol. The van der Waals surface area contributed by atoms with Crippen LogP contribution in [0.25, 0.3) is 54.8 Å². The zero-order valence-electron chi connectivity index (χ0n) is 25.7. The fourth-order valence-corrected chi connectivity index (χ4v) is 9.67. The number of fused-ring (bicyclic) bond motifs is 10. The smallest absolute Gasteiger partial charge is 0.0770 e. The van der Waals surface area contributed by atoms with Gasteiger partial charge in [-0.05, 0) is 83.6 Å². The summed E-state index contributed by atoms with van der Waals surface area (Å²) in [7, 11) is 0. The number of benzene rings is 5. The van der Waals surface area contributed by atoms with E-state index in [0.29, 0.717) is 0 Å². The highest BCUT2D eigenvalue weighted by atomic mass is 32.1. The molecule has 8 aromatic rings. The SMILES string of the molecule is CC12C=Cc3c(sc4ccccc34)C1c1cc(-c3cccc(N)c3-n3c4ccc#cc4c4ccccc43)ccc1N2c1ccccc1. The van der Waals surface area contributed by atoms with Crippen LogP contribution in [0.2, 0.25) is 0 Å². The molecule has 47 heavy (non-hydrogen) atoms. The van der Waals surface area contributed by atoms with Crippen molar-refractivity contribution in [1.82, 2.24) is 4.57 Å². The Kier molecular flexibility index (Phi) is 5.42. The molecule has 4 heteroatoms. The van der Waals surface area contributed by atoms with Gasteiger partial charge in [-0.15, -0.1) is 11.3 Å². The summed E-state index contributed by atoms with van der Waals surface area (Å²) in [6.45, 7) is 2.39. The molecule has 0 spiro atoms. The average Bonchev–Trinajstić information content (AvgIpc) is 3.73. The fourth-order valence-electron chi connectivity index (χ4n) is 8.22. The number of aromatic nitrogens is 1. The van der Waals surface area contributed by atoms with E-state index in [1.807, 2.05) is 23.5 Å². The minimum Gasteiger partial charge on any atom is -0.397 e. The first-order chi connectivity index (χ1) is 23.1. The molecule has 0 saturated carbocycles. The summed E-state index contributed by atoms with van der Waals surface area (Å²) in [5.41, 5.74) is 17.9. The van der Waals surface area contributed by atoms with Gasteiger partial charge >= 0.3 is 0 Å². The van der Waals surface area contributed by atoms with E-state index < -0.39 is 0 Å². The number of hydrogen-bond acceptors (Lipinski definition) is 3. The van der Waals surface area contributed by atoms with Crippen LogP contribution in [0.1, 0.15) is 28.8 Å². The summed E-state index contributed by atoms with van der Waals surface area (Å²) in [5, 5.41) is 3.52. The quantitative estimate of drug-likeness (QED) is 0.200. The molecule has 0 amide bonds. The second-order valence-corrected chi connectivity index (χ2v) is 13.9. The van der Waals surface area contributed by atoms with Crippen LogP contribution < -0.4 is 10.6 Å². The van der Waals surface area contributed by atoms with Crippen LogP contribution >= 0.6 is 11.3 Å². The molecule has 6 aromatic carbocycles. The van der Waals surface area contributed by atoms with Crippen LogP contribution in [0.3, 0.4) is 0 Å². The number of para-hydroxylation sites is 3. The maximum absolute atomic E-state index is 6.92. The summed E-state index contributed by atoms with van der Waals surface area (Å²) < 4.78 is 3.64. The highest BCUT2D eigenvalue weighted by Gasteiger charge is 2.51. The molecule has 10 rings (SSSR count). The van der Waals surface area contributed by atoms with E-state index in [-0.39, 0.29) is 11.5 Å². The van der Waals surface area contributed by atoms with Crippen LogP contribution in [-0.4, -0.2) is 10.1 Å². The van der Waals surface area contributed by atoms with Crippen molar-refractivity contribution in [2.24, 2.45) is 0 Å². The Morgan fingerprint density at radius 2 is 1.60 bits per heavy atom. The second-order valence-electron chi connectivity index (χ2n) is 12.8. The van der Waals surface area contributed by atoms with Gasteiger partial charge in [-0.2, -0.15) is 0 Å². The summed E-state index contributed by atoms with van der Waals surface area (Å²) in [4.78, 5) is 3.97. The van der Waals surface area contributed by atoms with Crippen molar-refractivity contribution in [2.45, 2.75) is 18.4 Å². The van der Waals surface area contributed by atoms with Gasteiger partial charge in [0.15, 0.2) is 0 Å². The molecule has 3 heterocycles. The van der Waals surface area contributed by atoms with Crippen molar-refractivity contribution >= 4 is 66.4 Å². The predicted octanol–water partition coefficient (Wildman–Crippen LogP) is 10.9. The van der Waals surface area contributed by atoms with Gasteiger partial charge in [-0.1, -0.05) is 97.1 Å². The maximum atomic E-state index is 6.92. The van der Waals surface area contributed by atoms with E-state index in [4.69, 9.17) is 5.73 Å².